The number of hydrogen-bond acceptors (Lipinski definition) is 0. The number of rotatable bonds is 1. The third-order valence-corrected chi connectivity index (χ3v) is 4.44. The van der Waals surface area contributed by atoms with E-state index in [9.17, 15) is 0 Å². The van der Waals surface area contributed by atoms with E-state index in [0.717, 1.165) is 0 Å². The molecule has 1 aromatic rings. The van der Waals surface area contributed by atoms with Crippen LogP contribution in [0.3, 0.4) is 0 Å². The summed E-state index contributed by atoms with van der Waals surface area (Å²) in [6.45, 7) is 2.40. The summed E-state index contributed by atoms with van der Waals surface area (Å²) < 4.78 is 0. The molecule has 1 radical (unpaired) electrons. The van der Waals surface area contributed by atoms with Crippen molar-refractivity contribution in [3.8, 4) is 0 Å². The van der Waals surface area contributed by atoms with Gasteiger partial charge in [-0.3, -0.25) is 5.32 Å². The smallest absolute Gasteiger partial charge is 0.0711 e. The maximum Gasteiger partial charge on any atom is 0.0711 e. The maximum atomic E-state index is 4.80. The van der Waals surface area contributed by atoms with Crippen LogP contribution in [-0.2, 0) is 5.41 Å². The number of nitrogens with zero attached hydrogens (tertiary/aromatic N) is 1. The summed E-state index contributed by atoms with van der Waals surface area (Å²) in [6.07, 6.45) is 6.45. The summed E-state index contributed by atoms with van der Waals surface area (Å²) in [6, 6.07) is 6.70. The fraction of sp³-hybridized carbons (Fsp3) is 0.467. The Hall–Kier alpha value is -1.24. The monoisotopic (exact) mass is 210 g/mol. The molecule has 0 N–H and O–H groups in total. The zero-order valence-electron chi connectivity index (χ0n) is 9.71. The standard InChI is InChI=1S/C15H16N/c1-15(8-9-15)11-5-3-7-13-14(11)10-4-2-6-12(10)16-13/h3,5,7H,2,4,6,8-9H2,1H3. The fourth-order valence-corrected chi connectivity index (χ4v) is 3.18. The summed E-state index contributed by atoms with van der Waals surface area (Å²) in [5.74, 6) is 0. The van der Waals surface area contributed by atoms with Gasteiger partial charge in [-0.15, -0.1) is 0 Å². The quantitative estimate of drug-likeness (QED) is 0.667. The van der Waals surface area contributed by atoms with Crippen LogP contribution in [0, 0.1) is 0 Å². The van der Waals surface area contributed by atoms with Crippen LogP contribution in [0.2, 0.25) is 0 Å². The van der Waals surface area contributed by atoms with Crippen molar-refractivity contribution in [3.05, 3.63) is 35.0 Å². The molecule has 0 saturated heterocycles. The van der Waals surface area contributed by atoms with Crippen LogP contribution in [0.15, 0.2) is 23.9 Å². The van der Waals surface area contributed by atoms with Crippen molar-refractivity contribution in [2.45, 2.75) is 44.4 Å². The van der Waals surface area contributed by atoms with Gasteiger partial charge in [0.15, 0.2) is 0 Å². The Kier molecular flexibility index (Phi) is 1.50. The van der Waals surface area contributed by atoms with E-state index < -0.39 is 0 Å². The lowest BCUT2D eigenvalue weighted by Crippen LogP contribution is -2.04. The second kappa shape index (κ2) is 2.71. The van der Waals surface area contributed by atoms with Crippen LogP contribution in [0.4, 0.5) is 5.69 Å². The molecular weight excluding hydrogens is 194 g/mol. The molecule has 4 rings (SSSR count). The first kappa shape index (κ1) is 8.86. The molecule has 0 aromatic heterocycles. The third-order valence-electron chi connectivity index (χ3n) is 4.44. The van der Waals surface area contributed by atoms with Crippen molar-refractivity contribution in [1.29, 1.82) is 0 Å². The number of allylic oxidation sites excluding steroid dienone is 2. The normalized spacial score (nSPS) is 24.1. The van der Waals surface area contributed by atoms with Crippen LogP contribution < -0.4 is 5.32 Å². The molecule has 0 bridgehead atoms. The molecule has 0 atom stereocenters. The molecule has 2 aliphatic carbocycles. The van der Waals surface area contributed by atoms with Gasteiger partial charge in [0.05, 0.1) is 5.69 Å². The fourth-order valence-electron chi connectivity index (χ4n) is 3.18. The minimum Gasteiger partial charge on any atom is -0.253 e. The first-order valence-corrected chi connectivity index (χ1v) is 6.36. The second-order valence-corrected chi connectivity index (χ2v) is 5.65. The highest BCUT2D eigenvalue weighted by Gasteiger charge is 2.43. The highest BCUT2D eigenvalue weighted by molar-refractivity contribution is 5.86. The zero-order chi connectivity index (χ0) is 10.8. The van der Waals surface area contributed by atoms with Gasteiger partial charge in [0, 0.05) is 11.3 Å². The van der Waals surface area contributed by atoms with Crippen molar-refractivity contribution < 1.29 is 0 Å². The Morgan fingerprint density at radius 1 is 1.19 bits per heavy atom. The van der Waals surface area contributed by atoms with Gasteiger partial charge in [-0.05, 0) is 54.7 Å². The van der Waals surface area contributed by atoms with Gasteiger partial charge < -0.3 is 0 Å². The predicted octanol–water partition coefficient (Wildman–Crippen LogP) is 3.88. The molecule has 0 unspecified atom stereocenters. The van der Waals surface area contributed by atoms with Gasteiger partial charge in [0.2, 0.25) is 0 Å². The van der Waals surface area contributed by atoms with Crippen molar-refractivity contribution >= 4 is 11.3 Å². The highest BCUT2D eigenvalue weighted by Crippen LogP contribution is 2.54. The molecule has 16 heavy (non-hydrogen) atoms. The SMILES string of the molecule is CC1(c2cccc3c2C2=C(CCC2)[N]3)CC1. The Morgan fingerprint density at radius 3 is 2.88 bits per heavy atom. The molecule has 3 aliphatic rings. The Balaban J connectivity index is 1.94. The number of benzene rings is 1. The Morgan fingerprint density at radius 2 is 2.06 bits per heavy atom. The number of hydrogen-bond donors (Lipinski definition) is 0. The second-order valence-electron chi connectivity index (χ2n) is 5.65. The van der Waals surface area contributed by atoms with E-state index in [-0.39, 0.29) is 0 Å². The van der Waals surface area contributed by atoms with Gasteiger partial charge in [0.1, 0.15) is 0 Å². The van der Waals surface area contributed by atoms with Gasteiger partial charge in [0.25, 0.3) is 0 Å². The molecule has 0 spiro atoms. The summed E-state index contributed by atoms with van der Waals surface area (Å²) in [5, 5.41) is 4.80. The Labute approximate surface area is 96.6 Å². The molecule has 1 heteroatoms. The lowest BCUT2D eigenvalue weighted by atomic mass is 9.89. The molecule has 1 saturated carbocycles. The first-order valence-electron chi connectivity index (χ1n) is 6.36. The van der Waals surface area contributed by atoms with Crippen molar-refractivity contribution in [2.75, 3.05) is 0 Å². The van der Waals surface area contributed by atoms with Crippen molar-refractivity contribution in [2.24, 2.45) is 0 Å². The Bertz CT molecular complexity index is 506. The van der Waals surface area contributed by atoms with E-state index >= 15 is 0 Å². The van der Waals surface area contributed by atoms with Crippen LogP contribution in [-0.4, -0.2) is 0 Å². The summed E-state index contributed by atoms with van der Waals surface area (Å²) in [5.41, 5.74) is 7.74. The van der Waals surface area contributed by atoms with Crippen LogP contribution >= 0.6 is 0 Å². The molecule has 0 amide bonds. The third kappa shape index (κ3) is 1.01. The minimum absolute atomic E-state index is 0.464. The number of fused-ring (bicyclic) bond motifs is 2. The van der Waals surface area contributed by atoms with Crippen molar-refractivity contribution in [1.82, 2.24) is 5.32 Å². The summed E-state index contributed by atoms with van der Waals surface area (Å²) >= 11 is 0. The molecule has 81 valence electrons. The largest absolute Gasteiger partial charge is 0.253 e. The van der Waals surface area contributed by atoms with Gasteiger partial charge in [-0.2, -0.15) is 0 Å². The molecule has 1 aromatic carbocycles. The first-order chi connectivity index (χ1) is 7.78. The van der Waals surface area contributed by atoms with E-state index in [1.165, 1.54) is 49.1 Å². The molecular formula is C15H16N. The average molecular weight is 210 g/mol. The van der Waals surface area contributed by atoms with E-state index in [1.807, 2.05) is 0 Å². The summed E-state index contributed by atoms with van der Waals surface area (Å²) in [4.78, 5) is 0. The lowest BCUT2D eigenvalue weighted by molar-refractivity contribution is 0.781. The van der Waals surface area contributed by atoms with Crippen LogP contribution in [0.5, 0.6) is 0 Å². The van der Waals surface area contributed by atoms with Crippen molar-refractivity contribution in [3.63, 3.8) is 0 Å². The molecule has 1 heterocycles. The van der Waals surface area contributed by atoms with Gasteiger partial charge in [-0.1, -0.05) is 19.1 Å². The summed E-state index contributed by atoms with van der Waals surface area (Å²) in [7, 11) is 0. The van der Waals surface area contributed by atoms with E-state index in [1.54, 1.807) is 11.1 Å². The van der Waals surface area contributed by atoms with Gasteiger partial charge in [-0.25, -0.2) is 0 Å². The van der Waals surface area contributed by atoms with Crippen LogP contribution in [0.1, 0.15) is 50.2 Å². The van der Waals surface area contributed by atoms with E-state index in [4.69, 9.17) is 5.32 Å². The topological polar surface area (TPSA) is 14.1 Å². The average Bonchev–Trinajstić information content (AvgIpc) is 2.75. The lowest BCUT2D eigenvalue weighted by Gasteiger charge is -2.15. The van der Waals surface area contributed by atoms with Crippen LogP contribution in [0.25, 0.3) is 5.57 Å². The molecule has 1 aliphatic heterocycles. The van der Waals surface area contributed by atoms with Gasteiger partial charge >= 0.3 is 0 Å². The predicted molar refractivity (Wildman–Crippen MR) is 65.6 cm³/mol. The minimum atomic E-state index is 0.464. The molecule has 1 nitrogen and oxygen atoms in total. The maximum absolute atomic E-state index is 4.80. The zero-order valence-corrected chi connectivity index (χ0v) is 9.71. The van der Waals surface area contributed by atoms with E-state index in [0.29, 0.717) is 5.41 Å². The molecule has 1 fully saturated rings. The highest BCUT2D eigenvalue weighted by atomic mass is 14.9. The van der Waals surface area contributed by atoms with E-state index in [2.05, 4.69) is 25.1 Å².